The molecule has 0 rings (SSSR count). The zero-order chi connectivity index (χ0) is 9.72. The first-order valence-corrected chi connectivity index (χ1v) is 3.43. The molecule has 67 valence electrons. The van der Waals surface area contributed by atoms with Crippen molar-refractivity contribution in [2.24, 2.45) is 5.73 Å². The summed E-state index contributed by atoms with van der Waals surface area (Å²) < 4.78 is 0. The van der Waals surface area contributed by atoms with Gasteiger partial charge in [0, 0.05) is 6.92 Å². The first-order chi connectivity index (χ1) is 5.50. The van der Waals surface area contributed by atoms with Crippen molar-refractivity contribution in [3.05, 3.63) is 0 Å². The Morgan fingerprint density at radius 2 is 2.08 bits per heavy atom. The van der Waals surface area contributed by atoms with Gasteiger partial charge in [0.05, 0.1) is 12.6 Å². The minimum absolute atomic E-state index is 0.351. The number of carbonyl (C=O) groups excluding carboxylic acids is 3. The number of nitrogens with zero attached hydrogens (tertiary/aromatic N) is 1. The molecule has 0 aliphatic heterocycles. The van der Waals surface area contributed by atoms with E-state index < -0.39 is 17.9 Å². The SMILES string of the molecule is CC(=O)N(C[C]=O)C(=O)[C@H](C)N. The summed E-state index contributed by atoms with van der Waals surface area (Å²) in [5.41, 5.74) is 5.23. The molecule has 0 fully saturated rings. The second-order valence-corrected chi connectivity index (χ2v) is 2.38. The third kappa shape index (κ3) is 2.79. The van der Waals surface area contributed by atoms with Crippen molar-refractivity contribution in [1.82, 2.24) is 4.90 Å². The molecule has 12 heavy (non-hydrogen) atoms. The van der Waals surface area contributed by atoms with Gasteiger partial charge in [0.2, 0.25) is 18.1 Å². The van der Waals surface area contributed by atoms with Gasteiger partial charge in [-0.15, -0.1) is 0 Å². The maximum Gasteiger partial charge on any atom is 0.246 e. The van der Waals surface area contributed by atoms with Gasteiger partial charge in [0.15, 0.2) is 0 Å². The summed E-state index contributed by atoms with van der Waals surface area (Å²) in [6.45, 7) is 2.29. The fourth-order valence-electron chi connectivity index (χ4n) is 0.655. The number of hydrogen-bond acceptors (Lipinski definition) is 4. The third-order valence-corrected chi connectivity index (χ3v) is 1.26. The Morgan fingerprint density at radius 1 is 1.58 bits per heavy atom. The molecule has 5 heteroatoms. The van der Waals surface area contributed by atoms with E-state index in [2.05, 4.69) is 0 Å². The highest BCUT2D eigenvalue weighted by molar-refractivity contribution is 5.98. The molecule has 0 aromatic rings. The fourth-order valence-corrected chi connectivity index (χ4v) is 0.655. The van der Waals surface area contributed by atoms with Crippen molar-refractivity contribution in [2.75, 3.05) is 6.54 Å². The highest BCUT2D eigenvalue weighted by Crippen LogP contribution is 1.92. The van der Waals surface area contributed by atoms with Crippen LogP contribution >= 0.6 is 0 Å². The maximum atomic E-state index is 11.1. The first-order valence-electron chi connectivity index (χ1n) is 3.43. The normalized spacial score (nSPS) is 11.9. The Hall–Kier alpha value is -1.23. The van der Waals surface area contributed by atoms with Gasteiger partial charge in [-0.2, -0.15) is 0 Å². The quantitative estimate of drug-likeness (QED) is 0.579. The summed E-state index contributed by atoms with van der Waals surface area (Å²) in [5, 5.41) is 0. The lowest BCUT2D eigenvalue weighted by Crippen LogP contribution is -2.45. The molecule has 0 aromatic heterocycles. The lowest BCUT2D eigenvalue weighted by atomic mass is 10.3. The second kappa shape index (κ2) is 4.61. The Morgan fingerprint density at radius 3 is 2.33 bits per heavy atom. The molecule has 0 aliphatic carbocycles. The van der Waals surface area contributed by atoms with Crippen LogP contribution in [0.5, 0.6) is 0 Å². The molecule has 1 atom stereocenters. The summed E-state index contributed by atoms with van der Waals surface area (Å²) in [5.74, 6) is -1.06. The Bertz CT molecular complexity index is 201. The summed E-state index contributed by atoms with van der Waals surface area (Å²) in [6.07, 6.45) is 1.46. The largest absolute Gasteiger partial charge is 0.320 e. The first kappa shape index (κ1) is 10.8. The van der Waals surface area contributed by atoms with Crippen LogP contribution in [0, 0.1) is 0 Å². The van der Waals surface area contributed by atoms with Crippen LogP contribution in [-0.4, -0.2) is 35.6 Å². The van der Waals surface area contributed by atoms with Crippen LogP contribution < -0.4 is 5.73 Å². The standard InChI is InChI=1S/C7H11N2O3/c1-5(8)7(12)9(3-4-10)6(2)11/h5H,3,8H2,1-2H3/t5-/m0/s1. The van der Waals surface area contributed by atoms with Crippen LogP contribution in [0.4, 0.5) is 0 Å². The van der Waals surface area contributed by atoms with E-state index in [1.165, 1.54) is 20.1 Å². The van der Waals surface area contributed by atoms with Crippen LogP contribution in [0.25, 0.3) is 0 Å². The average molecular weight is 171 g/mol. The molecule has 1 radical (unpaired) electrons. The van der Waals surface area contributed by atoms with Crippen molar-refractivity contribution in [3.63, 3.8) is 0 Å². The number of amides is 2. The van der Waals surface area contributed by atoms with Gasteiger partial charge < -0.3 is 5.73 Å². The summed E-state index contributed by atoms with van der Waals surface area (Å²) in [6, 6.07) is -0.776. The zero-order valence-corrected chi connectivity index (χ0v) is 7.03. The van der Waals surface area contributed by atoms with Gasteiger partial charge in [0.1, 0.15) is 0 Å². The molecule has 0 heterocycles. The molecule has 2 N–H and O–H groups in total. The van der Waals surface area contributed by atoms with E-state index in [1.807, 2.05) is 0 Å². The fraction of sp³-hybridized carbons (Fsp3) is 0.571. The van der Waals surface area contributed by atoms with Crippen LogP contribution in [0.3, 0.4) is 0 Å². The zero-order valence-electron chi connectivity index (χ0n) is 7.03. The summed E-state index contributed by atoms with van der Waals surface area (Å²) in [4.78, 5) is 32.5. The van der Waals surface area contributed by atoms with Crippen molar-refractivity contribution >= 4 is 18.1 Å². The number of nitrogens with two attached hydrogens (primary N) is 1. The number of rotatable bonds is 3. The van der Waals surface area contributed by atoms with Gasteiger partial charge in [0.25, 0.3) is 0 Å². The van der Waals surface area contributed by atoms with Crippen LogP contribution in [0.2, 0.25) is 0 Å². The number of carbonyl (C=O) groups is 2. The minimum atomic E-state index is -0.776. The lowest BCUT2D eigenvalue weighted by Gasteiger charge is -2.17. The predicted octanol–water partition coefficient (Wildman–Crippen LogP) is -1.18. The van der Waals surface area contributed by atoms with Crippen molar-refractivity contribution in [2.45, 2.75) is 19.9 Å². The van der Waals surface area contributed by atoms with E-state index in [9.17, 15) is 14.4 Å². The Balaban J connectivity index is 4.39. The van der Waals surface area contributed by atoms with E-state index in [4.69, 9.17) is 5.73 Å². The van der Waals surface area contributed by atoms with Crippen molar-refractivity contribution < 1.29 is 14.4 Å². The lowest BCUT2D eigenvalue weighted by molar-refractivity contribution is -0.143. The monoisotopic (exact) mass is 171 g/mol. The van der Waals surface area contributed by atoms with Crippen LogP contribution in [-0.2, 0) is 14.4 Å². The molecular weight excluding hydrogens is 160 g/mol. The van der Waals surface area contributed by atoms with Gasteiger partial charge in [-0.25, -0.2) is 0 Å². The molecule has 0 spiro atoms. The molecule has 5 nitrogen and oxygen atoms in total. The molecule has 0 aromatic carbocycles. The molecule has 2 amide bonds. The molecule has 0 saturated heterocycles. The summed E-state index contributed by atoms with van der Waals surface area (Å²) >= 11 is 0. The third-order valence-electron chi connectivity index (χ3n) is 1.26. The van der Waals surface area contributed by atoms with Crippen LogP contribution in [0.1, 0.15) is 13.8 Å². The van der Waals surface area contributed by atoms with E-state index in [1.54, 1.807) is 0 Å². The molecule has 0 unspecified atom stereocenters. The molecule has 0 saturated carbocycles. The maximum absolute atomic E-state index is 11.1. The topological polar surface area (TPSA) is 80.5 Å². The molecule has 0 bridgehead atoms. The number of imide groups is 1. The van der Waals surface area contributed by atoms with Crippen molar-refractivity contribution in [3.8, 4) is 0 Å². The van der Waals surface area contributed by atoms with E-state index >= 15 is 0 Å². The van der Waals surface area contributed by atoms with Gasteiger partial charge in [-0.1, -0.05) is 0 Å². The Kier molecular flexibility index (Phi) is 4.14. The van der Waals surface area contributed by atoms with Crippen LogP contribution in [0.15, 0.2) is 0 Å². The minimum Gasteiger partial charge on any atom is -0.320 e. The van der Waals surface area contributed by atoms with E-state index in [-0.39, 0.29) is 6.54 Å². The van der Waals surface area contributed by atoms with Gasteiger partial charge >= 0.3 is 0 Å². The van der Waals surface area contributed by atoms with Crippen molar-refractivity contribution in [1.29, 1.82) is 0 Å². The summed E-state index contributed by atoms with van der Waals surface area (Å²) in [7, 11) is 0. The van der Waals surface area contributed by atoms with E-state index in [0.29, 0.717) is 0 Å². The predicted molar refractivity (Wildman–Crippen MR) is 41.7 cm³/mol. The highest BCUT2D eigenvalue weighted by Gasteiger charge is 2.20. The number of hydrogen-bond donors (Lipinski definition) is 1. The van der Waals surface area contributed by atoms with Gasteiger partial charge in [-0.3, -0.25) is 19.3 Å². The molecular formula is C7H11N2O3. The highest BCUT2D eigenvalue weighted by atomic mass is 16.2. The average Bonchev–Trinajstić information content (AvgIpc) is 1.98. The molecule has 0 aliphatic rings. The Labute approximate surface area is 70.5 Å². The van der Waals surface area contributed by atoms with Gasteiger partial charge in [-0.05, 0) is 6.92 Å². The van der Waals surface area contributed by atoms with E-state index in [0.717, 1.165) is 4.90 Å². The smallest absolute Gasteiger partial charge is 0.246 e. The second-order valence-electron chi connectivity index (χ2n) is 2.38.